The van der Waals surface area contributed by atoms with E-state index in [1.54, 1.807) is 24.3 Å². The highest BCUT2D eigenvalue weighted by Crippen LogP contribution is 2.19. The summed E-state index contributed by atoms with van der Waals surface area (Å²) < 4.78 is 13.1. The minimum atomic E-state index is -0.817. The molecule has 0 saturated heterocycles. The van der Waals surface area contributed by atoms with Crippen LogP contribution in [0.5, 0.6) is 0 Å². The summed E-state index contributed by atoms with van der Waals surface area (Å²) in [6, 6.07) is 9.51. The van der Waals surface area contributed by atoms with Crippen molar-refractivity contribution in [2.45, 2.75) is 13.0 Å². The number of benzene rings is 2. The summed E-state index contributed by atoms with van der Waals surface area (Å²) in [5.74, 6) is -1.51. The van der Waals surface area contributed by atoms with E-state index in [2.05, 4.69) is 10.6 Å². The van der Waals surface area contributed by atoms with Crippen LogP contribution in [0.3, 0.4) is 0 Å². The Morgan fingerprint density at radius 2 is 1.78 bits per heavy atom. The summed E-state index contributed by atoms with van der Waals surface area (Å²) in [7, 11) is 0. The number of nitrogens with one attached hydrogen (secondary N) is 2. The first-order valence-corrected chi connectivity index (χ1v) is 7.45. The molecule has 2 amide bonds. The van der Waals surface area contributed by atoms with Crippen LogP contribution in [-0.4, -0.2) is 17.9 Å². The van der Waals surface area contributed by atoms with Gasteiger partial charge in [0.1, 0.15) is 11.9 Å². The number of carbonyl (C=O) groups excluding carboxylic acids is 2. The fourth-order valence-corrected chi connectivity index (χ4v) is 2.21. The predicted octanol–water partition coefficient (Wildman–Crippen LogP) is 3.89. The monoisotopic (exact) mass is 354 g/mol. The molecule has 1 atom stereocenters. The molecule has 2 aromatic carbocycles. The van der Waals surface area contributed by atoms with Crippen LogP contribution in [-0.2, 0) is 4.79 Å². The van der Waals surface area contributed by atoms with Crippen LogP contribution in [0.2, 0.25) is 10.0 Å². The highest BCUT2D eigenvalue weighted by atomic mass is 35.5. The van der Waals surface area contributed by atoms with E-state index >= 15 is 0 Å². The number of hydrogen-bond acceptors (Lipinski definition) is 2. The Bertz CT molecular complexity index is 753. The van der Waals surface area contributed by atoms with Crippen LogP contribution >= 0.6 is 23.2 Å². The molecule has 0 fully saturated rings. The first-order valence-electron chi connectivity index (χ1n) is 6.70. The highest BCUT2D eigenvalue weighted by molar-refractivity contribution is 6.33. The van der Waals surface area contributed by atoms with Gasteiger partial charge in [-0.2, -0.15) is 0 Å². The second-order valence-corrected chi connectivity index (χ2v) is 5.61. The van der Waals surface area contributed by atoms with E-state index in [4.69, 9.17) is 23.2 Å². The van der Waals surface area contributed by atoms with E-state index in [9.17, 15) is 14.0 Å². The standard InChI is InChI=1S/C16H13Cl2FN2O2/c1-9(20-16(23)11-4-2-3-5-12(11)17)15(22)21-10-6-7-14(19)13(18)8-10/h2-9H,1H3,(H,20,23)(H,21,22). The van der Waals surface area contributed by atoms with Crippen LogP contribution in [0.4, 0.5) is 10.1 Å². The molecule has 0 saturated carbocycles. The average molecular weight is 355 g/mol. The van der Waals surface area contributed by atoms with Gasteiger partial charge in [0.2, 0.25) is 5.91 Å². The molecule has 0 heterocycles. The van der Waals surface area contributed by atoms with Crippen molar-refractivity contribution in [1.29, 1.82) is 0 Å². The summed E-state index contributed by atoms with van der Waals surface area (Å²) in [5.41, 5.74) is 0.610. The average Bonchev–Trinajstić information content (AvgIpc) is 2.51. The van der Waals surface area contributed by atoms with E-state index in [1.165, 1.54) is 19.1 Å². The third-order valence-corrected chi connectivity index (χ3v) is 3.67. The Morgan fingerprint density at radius 3 is 2.43 bits per heavy atom. The van der Waals surface area contributed by atoms with Crippen LogP contribution < -0.4 is 10.6 Å². The summed E-state index contributed by atoms with van der Waals surface area (Å²) in [6.45, 7) is 1.52. The van der Waals surface area contributed by atoms with E-state index in [1.807, 2.05) is 0 Å². The third kappa shape index (κ3) is 4.43. The zero-order valence-electron chi connectivity index (χ0n) is 12.1. The van der Waals surface area contributed by atoms with Gasteiger partial charge in [-0.25, -0.2) is 4.39 Å². The maximum absolute atomic E-state index is 13.1. The number of amides is 2. The minimum Gasteiger partial charge on any atom is -0.340 e. The Morgan fingerprint density at radius 1 is 1.09 bits per heavy atom. The Balaban J connectivity index is 2.01. The van der Waals surface area contributed by atoms with Crippen molar-refractivity contribution >= 4 is 40.7 Å². The van der Waals surface area contributed by atoms with Gasteiger partial charge in [0, 0.05) is 5.69 Å². The van der Waals surface area contributed by atoms with Gasteiger partial charge >= 0.3 is 0 Å². The van der Waals surface area contributed by atoms with Gasteiger partial charge < -0.3 is 10.6 Å². The first-order chi connectivity index (χ1) is 10.9. The molecular formula is C16H13Cl2FN2O2. The van der Waals surface area contributed by atoms with Crippen molar-refractivity contribution < 1.29 is 14.0 Å². The molecule has 0 bridgehead atoms. The van der Waals surface area contributed by atoms with Crippen molar-refractivity contribution in [3.05, 3.63) is 63.9 Å². The molecular weight excluding hydrogens is 342 g/mol. The van der Waals surface area contributed by atoms with Gasteiger partial charge in [-0.3, -0.25) is 9.59 Å². The van der Waals surface area contributed by atoms with Gasteiger partial charge in [0.05, 0.1) is 15.6 Å². The number of carbonyl (C=O) groups is 2. The molecule has 0 aromatic heterocycles. The number of hydrogen-bond donors (Lipinski definition) is 2. The molecule has 7 heteroatoms. The highest BCUT2D eigenvalue weighted by Gasteiger charge is 2.18. The number of halogens is 3. The van der Waals surface area contributed by atoms with E-state index in [-0.39, 0.29) is 10.6 Å². The maximum atomic E-state index is 13.1. The normalized spacial score (nSPS) is 11.7. The molecule has 0 spiro atoms. The van der Waals surface area contributed by atoms with Gasteiger partial charge in [-0.05, 0) is 37.3 Å². The maximum Gasteiger partial charge on any atom is 0.253 e. The zero-order chi connectivity index (χ0) is 17.0. The number of anilines is 1. The summed E-state index contributed by atoms with van der Waals surface area (Å²) in [5, 5.41) is 5.28. The Labute approximate surface area is 142 Å². The number of rotatable bonds is 4. The molecule has 2 N–H and O–H groups in total. The summed E-state index contributed by atoms with van der Waals surface area (Å²) >= 11 is 11.6. The smallest absolute Gasteiger partial charge is 0.253 e. The third-order valence-electron chi connectivity index (χ3n) is 3.05. The van der Waals surface area contributed by atoms with Gasteiger partial charge in [-0.1, -0.05) is 35.3 Å². The molecule has 1 unspecified atom stereocenters. The molecule has 2 aromatic rings. The van der Waals surface area contributed by atoms with Crippen molar-refractivity contribution in [1.82, 2.24) is 5.32 Å². The molecule has 0 aliphatic carbocycles. The van der Waals surface area contributed by atoms with E-state index in [0.29, 0.717) is 10.7 Å². The summed E-state index contributed by atoms with van der Waals surface area (Å²) in [4.78, 5) is 24.2. The topological polar surface area (TPSA) is 58.2 Å². The predicted molar refractivity (Wildman–Crippen MR) is 88.4 cm³/mol. The fraction of sp³-hybridized carbons (Fsp3) is 0.125. The Kier molecular flexibility index (Phi) is 5.58. The van der Waals surface area contributed by atoms with E-state index in [0.717, 1.165) is 6.07 Å². The van der Waals surface area contributed by atoms with Crippen molar-refractivity contribution in [2.75, 3.05) is 5.32 Å². The zero-order valence-corrected chi connectivity index (χ0v) is 13.6. The van der Waals surface area contributed by atoms with Crippen molar-refractivity contribution in [3.8, 4) is 0 Å². The lowest BCUT2D eigenvalue weighted by atomic mass is 10.2. The van der Waals surface area contributed by atoms with Gasteiger partial charge in [0.15, 0.2) is 0 Å². The lowest BCUT2D eigenvalue weighted by molar-refractivity contribution is -0.117. The quantitative estimate of drug-likeness (QED) is 0.874. The van der Waals surface area contributed by atoms with Crippen LogP contribution in [0.25, 0.3) is 0 Å². The van der Waals surface area contributed by atoms with Gasteiger partial charge in [-0.15, -0.1) is 0 Å². The Hall–Kier alpha value is -2.11. The van der Waals surface area contributed by atoms with Crippen LogP contribution in [0.1, 0.15) is 17.3 Å². The van der Waals surface area contributed by atoms with Crippen molar-refractivity contribution in [3.63, 3.8) is 0 Å². The second kappa shape index (κ2) is 7.44. The lowest BCUT2D eigenvalue weighted by Crippen LogP contribution is -2.41. The van der Waals surface area contributed by atoms with E-state index < -0.39 is 23.7 Å². The SMILES string of the molecule is CC(NC(=O)c1ccccc1Cl)C(=O)Nc1ccc(F)c(Cl)c1. The first kappa shape index (κ1) is 17.2. The molecule has 23 heavy (non-hydrogen) atoms. The molecule has 4 nitrogen and oxygen atoms in total. The second-order valence-electron chi connectivity index (χ2n) is 4.79. The van der Waals surface area contributed by atoms with Crippen LogP contribution in [0.15, 0.2) is 42.5 Å². The largest absolute Gasteiger partial charge is 0.340 e. The van der Waals surface area contributed by atoms with Crippen LogP contribution in [0, 0.1) is 5.82 Å². The molecule has 2 rings (SSSR count). The molecule has 120 valence electrons. The fourth-order valence-electron chi connectivity index (χ4n) is 1.81. The van der Waals surface area contributed by atoms with Gasteiger partial charge in [0.25, 0.3) is 5.91 Å². The molecule has 0 radical (unpaired) electrons. The lowest BCUT2D eigenvalue weighted by Gasteiger charge is -2.15. The molecule has 0 aliphatic heterocycles. The summed E-state index contributed by atoms with van der Waals surface area (Å²) in [6.07, 6.45) is 0. The minimum absolute atomic E-state index is 0.101. The molecule has 0 aliphatic rings. The van der Waals surface area contributed by atoms with Crippen molar-refractivity contribution in [2.24, 2.45) is 0 Å².